The zero-order valence-electron chi connectivity index (χ0n) is 22.1. The van der Waals surface area contributed by atoms with Crippen LogP contribution in [0.25, 0.3) is 0 Å². The maximum absolute atomic E-state index is 13.6. The maximum atomic E-state index is 13.6. The molecule has 2 aromatic rings. The van der Waals surface area contributed by atoms with E-state index in [2.05, 4.69) is 0 Å². The maximum Gasteiger partial charge on any atom is 0.202 e. The van der Waals surface area contributed by atoms with Gasteiger partial charge in [-0.1, -0.05) is 6.92 Å². The summed E-state index contributed by atoms with van der Waals surface area (Å²) in [5.41, 5.74) is -3.42. The van der Waals surface area contributed by atoms with Gasteiger partial charge in [-0.3, -0.25) is 9.59 Å². The van der Waals surface area contributed by atoms with Crippen LogP contribution < -0.4 is 0 Å². The molecule has 0 radical (unpaired) electrons. The van der Waals surface area contributed by atoms with E-state index in [1.54, 1.807) is 13.8 Å². The number of fused-ring (bicyclic) bond motifs is 3. The number of rotatable bonds is 4. The van der Waals surface area contributed by atoms with E-state index in [1.807, 2.05) is 19.0 Å². The molecule has 5 rings (SSSR count). The number of phenolic OH excluding ortho intramolecular Hbond substituents is 4. The number of hydrogen-bond acceptors (Lipinski definition) is 11. The topological polar surface area (TPSA) is 177 Å². The van der Waals surface area contributed by atoms with Crippen LogP contribution in [0.1, 0.15) is 82.2 Å². The van der Waals surface area contributed by atoms with Crippen molar-refractivity contribution in [1.82, 2.24) is 4.90 Å². The van der Waals surface area contributed by atoms with Crippen molar-refractivity contribution in [3.63, 3.8) is 0 Å². The van der Waals surface area contributed by atoms with E-state index >= 15 is 0 Å². The summed E-state index contributed by atoms with van der Waals surface area (Å²) in [6, 6.07) is 1.79. The van der Waals surface area contributed by atoms with Crippen molar-refractivity contribution in [2.75, 3.05) is 14.1 Å². The molecule has 0 bridgehead atoms. The molecule has 0 amide bonds. The van der Waals surface area contributed by atoms with Crippen molar-refractivity contribution in [3.8, 4) is 23.0 Å². The van der Waals surface area contributed by atoms with Crippen LogP contribution in [-0.4, -0.2) is 91.3 Å². The van der Waals surface area contributed by atoms with Gasteiger partial charge in [0.05, 0.1) is 40.1 Å². The molecule has 11 heteroatoms. The molecule has 1 aliphatic heterocycles. The molecule has 6 N–H and O–H groups in total. The van der Waals surface area contributed by atoms with Gasteiger partial charge in [0.15, 0.2) is 6.29 Å². The summed E-state index contributed by atoms with van der Waals surface area (Å²) in [6.45, 7) is 3.43. The summed E-state index contributed by atoms with van der Waals surface area (Å²) < 4.78 is 12.2. The van der Waals surface area contributed by atoms with Gasteiger partial charge in [0, 0.05) is 23.6 Å². The van der Waals surface area contributed by atoms with Crippen LogP contribution in [0, 0.1) is 0 Å². The van der Waals surface area contributed by atoms with E-state index in [9.17, 15) is 40.2 Å². The van der Waals surface area contributed by atoms with E-state index in [0.717, 1.165) is 12.1 Å². The van der Waals surface area contributed by atoms with Crippen molar-refractivity contribution in [1.29, 1.82) is 0 Å². The fourth-order valence-electron chi connectivity index (χ4n) is 6.14. The molecule has 1 saturated heterocycles. The summed E-state index contributed by atoms with van der Waals surface area (Å²) in [5.74, 6) is -4.23. The predicted octanol–water partition coefficient (Wildman–Crippen LogP) is 1.86. The standard InChI is InChI=1S/C28H33NO10/c1-5-28(37)9-8-12-17(27(28)39-16-10-13(29(3)4)22(32)11(2)38-16)24(34)21-20(23(12)33)25(35)18-14(30)6-7-15(31)19(18)26(21)36/h6-7,11,13,16,22,27,30-34,37H,5,8-10H2,1-4H3/t11-,13-,16-,22+,27+,28+/m0/s1. The number of phenols is 4. The van der Waals surface area contributed by atoms with Gasteiger partial charge in [-0.05, 0) is 52.4 Å². The fourth-order valence-corrected chi connectivity index (χ4v) is 6.14. The number of hydrogen-bond donors (Lipinski definition) is 6. The zero-order valence-corrected chi connectivity index (χ0v) is 22.1. The van der Waals surface area contributed by atoms with Crippen LogP contribution in [0.4, 0.5) is 0 Å². The predicted molar refractivity (Wildman–Crippen MR) is 136 cm³/mol. The minimum absolute atomic E-state index is 0.0464. The largest absolute Gasteiger partial charge is 0.507 e. The molecule has 0 saturated carbocycles. The van der Waals surface area contributed by atoms with Gasteiger partial charge >= 0.3 is 0 Å². The number of carbonyl (C=O) groups excluding carboxylic acids is 2. The third kappa shape index (κ3) is 3.99. The van der Waals surface area contributed by atoms with E-state index in [4.69, 9.17) is 9.47 Å². The molecule has 0 spiro atoms. The second kappa shape index (κ2) is 9.46. The van der Waals surface area contributed by atoms with E-state index in [1.165, 1.54) is 0 Å². The van der Waals surface area contributed by atoms with Gasteiger partial charge in [-0.15, -0.1) is 0 Å². The van der Waals surface area contributed by atoms with Crippen LogP contribution in [0.15, 0.2) is 12.1 Å². The average molecular weight is 544 g/mol. The Kier molecular flexibility index (Phi) is 6.63. The number of ketones is 2. The minimum Gasteiger partial charge on any atom is -0.507 e. The monoisotopic (exact) mass is 543 g/mol. The van der Waals surface area contributed by atoms with Crippen molar-refractivity contribution >= 4 is 11.6 Å². The highest BCUT2D eigenvalue weighted by atomic mass is 16.7. The Bertz CT molecular complexity index is 1370. The summed E-state index contributed by atoms with van der Waals surface area (Å²) in [6.07, 6.45) is -2.97. The molecule has 11 nitrogen and oxygen atoms in total. The molecule has 0 aromatic heterocycles. The second-order valence-electron chi connectivity index (χ2n) is 10.9. The molecule has 3 aliphatic rings. The van der Waals surface area contributed by atoms with Crippen LogP contribution in [0.2, 0.25) is 0 Å². The lowest BCUT2D eigenvalue weighted by Gasteiger charge is -2.46. The number of aromatic hydroxyl groups is 4. The molecular formula is C28H33NO10. The molecule has 210 valence electrons. The number of aliphatic hydroxyl groups is 2. The third-order valence-electron chi connectivity index (χ3n) is 8.46. The minimum atomic E-state index is -1.53. The second-order valence-corrected chi connectivity index (χ2v) is 10.9. The Hall–Kier alpha value is -3.22. The Labute approximate surface area is 224 Å². The Morgan fingerprint density at radius 3 is 2.10 bits per heavy atom. The first kappa shape index (κ1) is 27.4. The van der Waals surface area contributed by atoms with Gasteiger partial charge in [-0.2, -0.15) is 0 Å². The molecular weight excluding hydrogens is 510 g/mol. The normalized spacial score (nSPS) is 30.2. The quantitative estimate of drug-likeness (QED) is 0.265. The van der Waals surface area contributed by atoms with E-state index in [-0.39, 0.29) is 42.9 Å². The average Bonchev–Trinajstić information content (AvgIpc) is 2.88. The highest BCUT2D eigenvalue weighted by Crippen LogP contribution is 2.54. The molecule has 1 heterocycles. The molecule has 2 aliphatic carbocycles. The lowest BCUT2D eigenvalue weighted by Crippen LogP contribution is -2.54. The van der Waals surface area contributed by atoms with Crippen LogP contribution >= 0.6 is 0 Å². The van der Waals surface area contributed by atoms with E-state index in [0.29, 0.717) is 0 Å². The molecule has 0 unspecified atom stereocenters. The Morgan fingerprint density at radius 2 is 1.56 bits per heavy atom. The molecule has 6 atom stereocenters. The number of nitrogens with zero attached hydrogens (tertiary/aromatic N) is 1. The highest BCUT2D eigenvalue weighted by molar-refractivity contribution is 6.32. The Balaban J connectivity index is 1.67. The van der Waals surface area contributed by atoms with Crippen LogP contribution in [-0.2, 0) is 15.9 Å². The highest BCUT2D eigenvalue weighted by Gasteiger charge is 2.50. The number of aliphatic hydroxyl groups excluding tert-OH is 1. The summed E-state index contributed by atoms with van der Waals surface area (Å²) in [7, 11) is 3.62. The van der Waals surface area contributed by atoms with E-state index < -0.39 is 87.0 Å². The molecule has 39 heavy (non-hydrogen) atoms. The number of likely N-dealkylation sites (N-methyl/N-ethyl adjacent to an activating group) is 1. The molecule has 2 aromatic carbocycles. The third-order valence-corrected chi connectivity index (χ3v) is 8.46. The van der Waals surface area contributed by atoms with Crippen molar-refractivity contribution in [3.05, 3.63) is 45.5 Å². The summed E-state index contributed by atoms with van der Waals surface area (Å²) in [5, 5.41) is 65.7. The zero-order chi connectivity index (χ0) is 28.5. The van der Waals surface area contributed by atoms with Gasteiger partial charge in [0.25, 0.3) is 0 Å². The molecule has 1 fully saturated rings. The Morgan fingerprint density at radius 1 is 1.00 bits per heavy atom. The lowest BCUT2D eigenvalue weighted by molar-refractivity contribution is -0.276. The first-order valence-electron chi connectivity index (χ1n) is 12.9. The number of ether oxygens (including phenoxy) is 2. The van der Waals surface area contributed by atoms with Gasteiger partial charge < -0.3 is 45.0 Å². The number of carbonyl (C=O) groups is 2. The van der Waals surface area contributed by atoms with Gasteiger partial charge in [-0.25, -0.2) is 0 Å². The van der Waals surface area contributed by atoms with Crippen LogP contribution in [0.5, 0.6) is 23.0 Å². The number of benzene rings is 2. The summed E-state index contributed by atoms with van der Waals surface area (Å²) >= 11 is 0. The fraction of sp³-hybridized carbons (Fsp3) is 0.500. The van der Waals surface area contributed by atoms with Gasteiger partial charge in [0.1, 0.15) is 29.1 Å². The van der Waals surface area contributed by atoms with Crippen molar-refractivity contribution in [2.24, 2.45) is 0 Å². The SMILES string of the molecule is CC[C@@]1(O)CCc2c(O)c3c(c(O)c2[C@H]1O[C@H]1C[C@H](N(C)C)[C@H](O)[C@H](C)O1)C(=O)c1c(O)ccc(O)c1C3=O. The lowest BCUT2D eigenvalue weighted by atomic mass is 9.71. The first-order valence-corrected chi connectivity index (χ1v) is 12.9. The van der Waals surface area contributed by atoms with Crippen molar-refractivity contribution in [2.45, 2.75) is 75.8 Å². The van der Waals surface area contributed by atoms with Crippen molar-refractivity contribution < 1.29 is 49.7 Å². The van der Waals surface area contributed by atoms with Gasteiger partial charge in [0.2, 0.25) is 11.6 Å². The van der Waals surface area contributed by atoms with Crippen LogP contribution in [0.3, 0.4) is 0 Å². The summed E-state index contributed by atoms with van der Waals surface area (Å²) in [4.78, 5) is 28.8. The first-order chi connectivity index (χ1) is 18.3. The smallest absolute Gasteiger partial charge is 0.202 e.